The number of amides is 1. The van der Waals surface area contributed by atoms with E-state index in [0.717, 1.165) is 52.1 Å². The average Bonchev–Trinajstić information content (AvgIpc) is 3.25. The zero-order valence-electron chi connectivity index (χ0n) is 18.9. The first-order valence-corrected chi connectivity index (χ1v) is 12.1. The molecule has 1 saturated carbocycles. The van der Waals surface area contributed by atoms with Gasteiger partial charge >= 0.3 is 0 Å². The number of ether oxygens (including phenoxy) is 1. The normalized spacial score (nSPS) is 14.3. The molecule has 3 aromatic rings. The van der Waals surface area contributed by atoms with Crippen molar-refractivity contribution >= 4 is 23.4 Å². The number of carbonyl (C=O) groups is 1. The summed E-state index contributed by atoms with van der Waals surface area (Å²) in [6, 6.07) is 14.0. The highest BCUT2D eigenvalue weighted by Gasteiger charge is 2.25. The van der Waals surface area contributed by atoms with Gasteiger partial charge in [0.2, 0.25) is 5.91 Å². The monoisotopic (exact) mass is 450 g/mol. The van der Waals surface area contributed by atoms with Gasteiger partial charge in [0, 0.05) is 17.3 Å². The van der Waals surface area contributed by atoms with Crippen LogP contribution < -0.4 is 10.1 Å². The van der Waals surface area contributed by atoms with E-state index in [0.29, 0.717) is 5.92 Å². The van der Waals surface area contributed by atoms with Gasteiger partial charge in [-0.25, -0.2) is 0 Å². The number of carbonyl (C=O) groups excluding carboxylic acids is 1. The van der Waals surface area contributed by atoms with E-state index < -0.39 is 0 Å². The summed E-state index contributed by atoms with van der Waals surface area (Å²) in [6.45, 7) is 4.01. The summed E-state index contributed by atoms with van der Waals surface area (Å²) >= 11 is 1.42. The topological polar surface area (TPSA) is 69.0 Å². The Balaban J connectivity index is 1.56. The molecule has 0 saturated heterocycles. The van der Waals surface area contributed by atoms with Gasteiger partial charge in [0.15, 0.2) is 5.16 Å². The summed E-state index contributed by atoms with van der Waals surface area (Å²) in [4.78, 5) is 12.7. The molecule has 4 rings (SSSR count). The third-order valence-corrected chi connectivity index (χ3v) is 6.97. The highest BCUT2D eigenvalue weighted by molar-refractivity contribution is 7.99. The first-order chi connectivity index (χ1) is 15.6. The molecule has 1 fully saturated rings. The van der Waals surface area contributed by atoms with Crippen molar-refractivity contribution in [1.29, 1.82) is 0 Å². The Morgan fingerprint density at radius 1 is 1.06 bits per heavy atom. The van der Waals surface area contributed by atoms with E-state index in [2.05, 4.69) is 20.1 Å². The first kappa shape index (κ1) is 22.4. The van der Waals surface area contributed by atoms with E-state index in [1.54, 1.807) is 7.11 Å². The number of anilines is 1. The van der Waals surface area contributed by atoms with E-state index in [9.17, 15) is 4.79 Å². The second-order valence-corrected chi connectivity index (χ2v) is 9.26. The fourth-order valence-corrected chi connectivity index (χ4v) is 5.05. The Kier molecular flexibility index (Phi) is 7.15. The van der Waals surface area contributed by atoms with Crippen molar-refractivity contribution in [3.63, 3.8) is 0 Å². The number of methoxy groups -OCH3 is 1. The number of nitrogens with one attached hydrogen (secondary N) is 1. The summed E-state index contributed by atoms with van der Waals surface area (Å²) in [5.41, 5.74) is 4.00. The zero-order chi connectivity index (χ0) is 22.5. The van der Waals surface area contributed by atoms with Crippen LogP contribution in [0.5, 0.6) is 5.75 Å². The number of aromatic nitrogens is 3. The van der Waals surface area contributed by atoms with Gasteiger partial charge in [0.05, 0.1) is 12.9 Å². The zero-order valence-corrected chi connectivity index (χ0v) is 19.7. The molecule has 1 N–H and O–H groups in total. The van der Waals surface area contributed by atoms with Crippen LogP contribution in [-0.2, 0) is 4.79 Å². The van der Waals surface area contributed by atoms with Crippen molar-refractivity contribution < 1.29 is 9.53 Å². The molecule has 6 nitrogen and oxygen atoms in total. The minimum atomic E-state index is -0.0455. The number of benzene rings is 2. The smallest absolute Gasteiger partial charge is 0.234 e. The predicted molar refractivity (Wildman–Crippen MR) is 129 cm³/mol. The maximum Gasteiger partial charge on any atom is 0.234 e. The van der Waals surface area contributed by atoms with Crippen molar-refractivity contribution in [2.24, 2.45) is 0 Å². The van der Waals surface area contributed by atoms with Gasteiger partial charge in [-0.05, 0) is 62.1 Å². The van der Waals surface area contributed by atoms with Gasteiger partial charge in [0.25, 0.3) is 0 Å². The van der Waals surface area contributed by atoms with Crippen LogP contribution >= 0.6 is 11.8 Å². The van der Waals surface area contributed by atoms with Crippen molar-refractivity contribution in [2.45, 2.75) is 57.0 Å². The average molecular weight is 451 g/mol. The third-order valence-electron chi connectivity index (χ3n) is 6.04. The lowest BCUT2D eigenvalue weighted by Crippen LogP contribution is -2.16. The van der Waals surface area contributed by atoms with Crippen LogP contribution in [0.4, 0.5) is 5.69 Å². The van der Waals surface area contributed by atoms with E-state index in [4.69, 9.17) is 4.74 Å². The van der Waals surface area contributed by atoms with Gasteiger partial charge in [-0.2, -0.15) is 0 Å². The van der Waals surface area contributed by atoms with E-state index in [1.165, 1.54) is 31.0 Å². The number of nitrogens with zero attached hydrogens (tertiary/aromatic N) is 3. The van der Waals surface area contributed by atoms with Crippen LogP contribution in [0.1, 0.15) is 55.0 Å². The van der Waals surface area contributed by atoms with Gasteiger partial charge in [0.1, 0.15) is 11.6 Å². The standard InChI is InChI=1S/C25H30N4O2S/c1-17-8-7-9-18(2)23(17)26-22(30)16-32-25-28-27-24(19-10-5-4-6-11-19)29(25)20-12-14-21(31-3)15-13-20/h7-9,12-15,19H,4-6,10-11,16H2,1-3H3,(H,26,30). The minimum Gasteiger partial charge on any atom is -0.497 e. The molecule has 0 radical (unpaired) electrons. The van der Waals surface area contributed by atoms with Gasteiger partial charge in [-0.3, -0.25) is 9.36 Å². The molecule has 0 atom stereocenters. The fourth-order valence-electron chi connectivity index (χ4n) is 4.29. The molecular formula is C25H30N4O2S. The Bertz CT molecular complexity index is 1050. The molecule has 1 heterocycles. The number of thioether (sulfide) groups is 1. The Labute approximate surface area is 193 Å². The molecule has 0 unspecified atom stereocenters. The van der Waals surface area contributed by atoms with E-state index >= 15 is 0 Å². The Hall–Kier alpha value is -2.80. The van der Waals surface area contributed by atoms with Crippen LogP contribution in [0.15, 0.2) is 47.6 Å². The lowest BCUT2D eigenvalue weighted by Gasteiger charge is -2.22. The summed E-state index contributed by atoms with van der Waals surface area (Å²) in [6.07, 6.45) is 5.99. The van der Waals surface area contributed by atoms with Crippen LogP contribution in [0.25, 0.3) is 5.69 Å². The summed E-state index contributed by atoms with van der Waals surface area (Å²) in [7, 11) is 1.66. The molecule has 0 aliphatic heterocycles. The largest absolute Gasteiger partial charge is 0.497 e. The quantitative estimate of drug-likeness (QED) is 0.470. The Morgan fingerprint density at radius 3 is 2.41 bits per heavy atom. The molecule has 0 bridgehead atoms. The van der Waals surface area contributed by atoms with Gasteiger partial charge < -0.3 is 10.1 Å². The van der Waals surface area contributed by atoms with Crippen LogP contribution in [-0.4, -0.2) is 33.5 Å². The lowest BCUT2D eigenvalue weighted by atomic mass is 9.88. The second kappa shape index (κ2) is 10.2. The van der Waals surface area contributed by atoms with Crippen molar-refractivity contribution in [2.75, 3.05) is 18.2 Å². The molecule has 1 aromatic heterocycles. The summed E-state index contributed by atoms with van der Waals surface area (Å²) in [5.74, 6) is 2.43. The number of rotatable bonds is 7. The van der Waals surface area contributed by atoms with Gasteiger partial charge in [-0.1, -0.05) is 49.2 Å². The van der Waals surface area contributed by atoms with E-state index in [1.807, 2.05) is 56.3 Å². The molecular weight excluding hydrogens is 420 g/mol. The molecule has 1 aliphatic rings. The van der Waals surface area contributed by atoms with Crippen LogP contribution in [0, 0.1) is 13.8 Å². The van der Waals surface area contributed by atoms with E-state index in [-0.39, 0.29) is 11.7 Å². The summed E-state index contributed by atoms with van der Waals surface area (Å²) in [5, 5.41) is 12.9. The molecule has 32 heavy (non-hydrogen) atoms. The SMILES string of the molecule is COc1ccc(-n2c(SCC(=O)Nc3c(C)cccc3C)nnc2C2CCCCC2)cc1. The Morgan fingerprint density at radius 2 is 1.75 bits per heavy atom. The predicted octanol–water partition coefficient (Wildman–Crippen LogP) is 5.67. The summed E-state index contributed by atoms with van der Waals surface area (Å²) < 4.78 is 7.44. The molecule has 0 spiro atoms. The lowest BCUT2D eigenvalue weighted by molar-refractivity contribution is -0.113. The van der Waals surface area contributed by atoms with Crippen molar-refractivity contribution in [3.05, 3.63) is 59.4 Å². The molecule has 1 aliphatic carbocycles. The molecule has 2 aromatic carbocycles. The van der Waals surface area contributed by atoms with Crippen molar-refractivity contribution in [1.82, 2.24) is 14.8 Å². The number of hydrogen-bond donors (Lipinski definition) is 1. The first-order valence-electron chi connectivity index (χ1n) is 11.2. The van der Waals surface area contributed by atoms with Crippen LogP contribution in [0.3, 0.4) is 0 Å². The molecule has 1 amide bonds. The highest BCUT2D eigenvalue weighted by Crippen LogP contribution is 2.35. The number of para-hydroxylation sites is 1. The third kappa shape index (κ3) is 4.99. The number of hydrogen-bond acceptors (Lipinski definition) is 5. The second-order valence-electron chi connectivity index (χ2n) is 8.31. The maximum atomic E-state index is 12.7. The van der Waals surface area contributed by atoms with Crippen molar-refractivity contribution in [3.8, 4) is 11.4 Å². The number of aryl methyl sites for hydroxylation is 2. The maximum absolute atomic E-state index is 12.7. The molecule has 7 heteroatoms. The minimum absolute atomic E-state index is 0.0455. The van der Waals surface area contributed by atoms with Gasteiger partial charge in [-0.15, -0.1) is 10.2 Å². The fraction of sp³-hybridized carbons (Fsp3) is 0.400. The molecule has 168 valence electrons. The van der Waals surface area contributed by atoms with Crippen LogP contribution in [0.2, 0.25) is 0 Å². The highest BCUT2D eigenvalue weighted by atomic mass is 32.2.